The van der Waals surface area contributed by atoms with Crippen LogP contribution in [0.1, 0.15) is 11.5 Å². The lowest BCUT2D eigenvalue weighted by Crippen LogP contribution is -2.27. The van der Waals surface area contributed by atoms with E-state index >= 15 is 0 Å². The third-order valence-electron chi connectivity index (χ3n) is 2.50. The Labute approximate surface area is 123 Å². The molecular weight excluding hydrogens is 276 g/mol. The molecule has 0 unspecified atom stereocenters. The number of ether oxygens (including phenoxy) is 1. The Hall–Kier alpha value is -2.06. The van der Waals surface area contributed by atoms with E-state index in [1.54, 1.807) is 7.05 Å². The highest BCUT2D eigenvalue weighted by Crippen LogP contribution is 2.10. The van der Waals surface area contributed by atoms with Gasteiger partial charge in [0.15, 0.2) is 5.82 Å². The van der Waals surface area contributed by atoms with E-state index in [0.717, 1.165) is 24.3 Å². The molecular formula is C13H22N4O4. The molecule has 0 spiro atoms. The lowest BCUT2D eigenvalue weighted by Gasteiger charge is -2.08. The molecule has 1 aromatic rings. The molecule has 1 aromatic heterocycles. The zero-order valence-electron chi connectivity index (χ0n) is 12.6. The maximum atomic E-state index is 10.3. The summed E-state index contributed by atoms with van der Waals surface area (Å²) in [6.07, 6.45) is 0.875. The van der Waals surface area contributed by atoms with E-state index in [9.17, 15) is 10.1 Å². The van der Waals surface area contributed by atoms with Crippen LogP contribution in [0.2, 0.25) is 0 Å². The first-order chi connectivity index (χ1) is 10.0. The second-order valence-electron chi connectivity index (χ2n) is 4.66. The Morgan fingerprint density at radius 1 is 1.48 bits per heavy atom. The van der Waals surface area contributed by atoms with Gasteiger partial charge in [-0.25, -0.2) is 0 Å². The maximum absolute atomic E-state index is 10.3. The van der Waals surface area contributed by atoms with Crippen molar-refractivity contribution in [3.63, 3.8) is 0 Å². The van der Waals surface area contributed by atoms with Gasteiger partial charge in [0, 0.05) is 13.6 Å². The van der Waals surface area contributed by atoms with Gasteiger partial charge in [0.2, 0.25) is 0 Å². The van der Waals surface area contributed by atoms with Crippen molar-refractivity contribution in [2.45, 2.75) is 13.2 Å². The molecule has 0 aliphatic heterocycles. The van der Waals surface area contributed by atoms with Crippen molar-refractivity contribution in [1.29, 1.82) is 0 Å². The van der Waals surface area contributed by atoms with Gasteiger partial charge in [-0.15, -0.1) is 0 Å². The van der Waals surface area contributed by atoms with E-state index < -0.39 is 4.92 Å². The van der Waals surface area contributed by atoms with Crippen molar-refractivity contribution in [2.24, 2.45) is 0 Å². The van der Waals surface area contributed by atoms with E-state index in [1.807, 2.05) is 31.1 Å². The Morgan fingerprint density at radius 2 is 2.19 bits per heavy atom. The zero-order chi connectivity index (χ0) is 15.7. The van der Waals surface area contributed by atoms with Crippen LogP contribution in [-0.2, 0) is 17.9 Å². The van der Waals surface area contributed by atoms with Crippen LogP contribution >= 0.6 is 0 Å². The molecule has 1 heterocycles. The Balaban J connectivity index is 2.22. The molecule has 0 fully saturated rings. The predicted octanol–water partition coefficient (Wildman–Crippen LogP) is 0.742. The summed E-state index contributed by atoms with van der Waals surface area (Å²) in [5, 5.41) is 15.9. The minimum Gasteiger partial charge on any atom is -0.462 e. The standard InChI is InChI=1S/C13H22N4O4/c1-14-13(9-17(18)19)15-6-7-20-10-12-5-4-11(21-12)8-16(2)3/h4-5,9,14-15H,6-8,10H2,1-3H3/b13-9+. The molecule has 8 nitrogen and oxygen atoms in total. The fourth-order valence-corrected chi connectivity index (χ4v) is 1.63. The van der Waals surface area contributed by atoms with Crippen molar-refractivity contribution in [3.05, 3.63) is 45.8 Å². The summed E-state index contributed by atoms with van der Waals surface area (Å²) in [6, 6.07) is 3.81. The van der Waals surface area contributed by atoms with Crippen LogP contribution in [0.15, 0.2) is 28.6 Å². The van der Waals surface area contributed by atoms with E-state index in [2.05, 4.69) is 10.6 Å². The molecule has 1 rings (SSSR count). The van der Waals surface area contributed by atoms with Gasteiger partial charge in [-0.05, 0) is 26.2 Å². The van der Waals surface area contributed by atoms with Crippen LogP contribution in [-0.4, -0.2) is 44.1 Å². The molecule has 0 radical (unpaired) electrons. The highest BCUT2D eigenvalue weighted by Gasteiger charge is 2.04. The number of nitrogens with one attached hydrogen (secondary N) is 2. The number of hydrogen-bond donors (Lipinski definition) is 2. The summed E-state index contributed by atoms with van der Waals surface area (Å²) in [6.45, 7) is 2.01. The van der Waals surface area contributed by atoms with E-state index in [1.165, 1.54) is 0 Å². The fraction of sp³-hybridized carbons (Fsp3) is 0.538. The number of nitrogens with zero attached hydrogens (tertiary/aromatic N) is 2. The third kappa shape index (κ3) is 7.33. The van der Waals surface area contributed by atoms with Crippen LogP contribution < -0.4 is 10.6 Å². The van der Waals surface area contributed by atoms with Gasteiger partial charge < -0.3 is 24.7 Å². The topological polar surface area (TPSA) is 92.8 Å². The van der Waals surface area contributed by atoms with Gasteiger partial charge >= 0.3 is 0 Å². The summed E-state index contributed by atoms with van der Waals surface area (Å²) in [5.74, 6) is 2.00. The second-order valence-corrected chi connectivity index (χ2v) is 4.66. The minimum atomic E-state index is -0.519. The molecule has 0 amide bonds. The Kier molecular flexibility index (Phi) is 7.27. The SMILES string of the molecule is CN/C(=C\[N+](=O)[O-])NCCOCc1ccc(CN(C)C)o1. The second kappa shape index (κ2) is 8.98. The van der Waals surface area contributed by atoms with Gasteiger partial charge in [0.1, 0.15) is 18.1 Å². The molecule has 0 aliphatic carbocycles. The average molecular weight is 298 g/mol. The molecule has 0 saturated carbocycles. The van der Waals surface area contributed by atoms with Gasteiger partial charge in [-0.3, -0.25) is 10.1 Å². The molecule has 0 aromatic carbocycles. The predicted molar refractivity (Wildman–Crippen MR) is 77.9 cm³/mol. The van der Waals surface area contributed by atoms with Crippen molar-refractivity contribution in [1.82, 2.24) is 15.5 Å². The van der Waals surface area contributed by atoms with Crippen LogP contribution in [0.25, 0.3) is 0 Å². The van der Waals surface area contributed by atoms with Crippen LogP contribution in [0.4, 0.5) is 0 Å². The van der Waals surface area contributed by atoms with Crippen LogP contribution in [0.3, 0.4) is 0 Å². The largest absolute Gasteiger partial charge is 0.462 e. The van der Waals surface area contributed by atoms with Gasteiger partial charge in [0.05, 0.1) is 18.1 Å². The van der Waals surface area contributed by atoms with Crippen molar-refractivity contribution in [3.8, 4) is 0 Å². The van der Waals surface area contributed by atoms with Crippen molar-refractivity contribution >= 4 is 0 Å². The molecule has 0 atom stereocenters. The fourth-order valence-electron chi connectivity index (χ4n) is 1.63. The van der Waals surface area contributed by atoms with Crippen molar-refractivity contribution in [2.75, 3.05) is 34.3 Å². The van der Waals surface area contributed by atoms with E-state index in [0.29, 0.717) is 25.6 Å². The molecule has 8 heteroatoms. The smallest absolute Gasteiger partial charge is 0.274 e. The van der Waals surface area contributed by atoms with E-state index in [-0.39, 0.29) is 0 Å². The van der Waals surface area contributed by atoms with Gasteiger partial charge in [-0.1, -0.05) is 0 Å². The van der Waals surface area contributed by atoms with Gasteiger partial charge in [0.25, 0.3) is 6.20 Å². The molecule has 2 N–H and O–H groups in total. The maximum Gasteiger partial charge on any atom is 0.274 e. The monoisotopic (exact) mass is 298 g/mol. The van der Waals surface area contributed by atoms with Crippen molar-refractivity contribution < 1.29 is 14.1 Å². The normalized spacial score (nSPS) is 11.7. The highest BCUT2D eigenvalue weighted by atomic mass is 16.6. The number of hydrogen-bond acceptors (Lipinski definition) is 7. The summed E-state index contributed by atoms with van der Waals surface area (Å²) >= 11 is 0. The lowest BCUT2D eigenvalue weighted by atomic mass is 10.4. The Morgan fingerprint density at radius 3 is 2.81 bits per heavy atom. The highest BCUT2D eigenvalue weighted by molar-refractivity contribution is 5.06. The van der Waals surface area contributed by atoms with Crippen LogP contribution in [0.5, 0.6) is 0 Å². The first-order valence-corrected chi connectivity index (χ1v) is 6.58. The zero-order valence-corrected chi connectivity index (χ0v) is 12.6. The first kappa shape index (κ1) is 17.0. The third-order valence-corrected chi connectivity index (χ3v) is 2.50. The summed E-state index contributed by atoms with van der Waals surface area (Å²) in [5.41, 5.74) is 0. The average Bonchev–Trinajstić information content (AvgIpc) is 2.83. The minimum absolute atomic E-state index is 0.342. The molecule has 0 saturated heterocycles. The molecule has 0 bridgehead atoms. The Bertz CT molecular complexity index is 470. The molecule has 118 valence electrons. The number of nitro groups is 1. The van der Waals surface area contributed by atoms with Crippen LogP contribution in [0, 0.1) is 10.1 Å². The quantitative estimate of drug-likeness (QED) is 0.374. The lowest BCUT2D eigenvalue weighted by molar-refractivity contribution is -0.404. The number of rotatable bonds is 10. The molecule has 21 heavy (non-hydrogen) atoms. The van der Waals surface area contributed by atoms with Gasteiger partial charge in [-0.2, -0.15) is 0 Å². The summed E-state index contributed by atoms with van der Waals surface area (Å²) in [7, 11) is 5.56. The molecule has 0 aliphatic rings. The van der Waals surface area contributed by atoms with E-state index in [4.69, 9.17) is 9.15 Å². The number of furan rings is 1. The first-order valence-electron chi connectivity index (χ1n) is 6.58. The summed E-state index contributed by atoms with van der Waals surface area (Å²) < 4.78 is 11.0. The summed E-state index contributed by atoms with van der Waals surface area (Å²) in [4.78, 5) is 11.8.